The number of unbranched alkanes of at least 4 members (excludes halogenated alkanes) is 1. The van der Waals surface area contributed by atoms with Gasteiger partial charge in [-0.3, -0.25) is 0 Å². The van der Waals surface area contributed by atoms with Crippen LogP contribution in [0.1, 0.15) is 26.2 Å². The highest BCUT2D eigenvalue weighted by Gasteiger charge is 2.02. The molecule has 8 heteroatoms. The molecule has 8 nitrogen and oxygen atoms in total. The summed E-state index contributed by atoms with van der Waals surface area (Å²) in [5.41, 5.74) is 0. The molecule has 4 N–H and O–H groups in total. The van der Waals surface area contributed by atoms with Crippen molar-refractivity contribution in [3.05, 3.63) is 12.2 Å². The number of carboxylic acid groups (broad SMARTS) is 2. The molecular weight excluding hydrogens is 296 g/mol. The van der Waals surface area contributed by atoms with E-state index in [1.54, 1.807) is 0 Å². The summed E-state index contributed by atoms with van der Waals surface area (Å²) in [7, 11) is 0. The van der Waals surface area contributed by atoms with Crippen molar-refractivity contribution in [1.29, 1.82) is 0 Å². The van der Waals surface area contributed by atoms with Crippen LogP contribution in [0.2, 0.25) is 0 Å². The number of carbonyl (C=O) groups is 2. The molecule has 0 aliphatic rings. The third kappa shape index (κ3) is 23.6. The van der Waals surface area contributed by atoms with Gasteiger partial charge in [-0.25, -0.2) is 9.59 Å². The molecule has 0 amide bonds. The van der Waals surface area contributed by atoms with Crippen molar-refractivity contribution in [3.63, 3.8) is 0 Å². The molecule has 0 aliphatic carbocycles. The Morgan fingerprint density at radius 3 is 2.05 bits per heavy atom. The Kier molecular flexibility index (Phi) is 18.2. The van der Waals surface area contributed by atoms with Crippen LogP contribution in [-0.4, -0.2) is 71.5 Å². The topological polar surface area (TPSA) is 134 Å². The predicted octanol–water partition coefficient (Wildman–Crippen LogP) is 0.275. The third-order valence-corrected chi connectivity index (χ3v) is 2.18. The molecule has 0 aromatic heterocycles. The Hall–Kier alpha value is -1.48. The molecule has 0 saturated heterocycles. The lowest BCUT2D eigenvalue weighted by Crippen LogP contribution is -2.17. The highest BCUT2D eigenvalue weighted by atomic mass is 16.5. The second kappa shape index (κ2) is 17.6. The summed E-state index contributed by atoms with van der Waals surface area (Å²) in [5, 5.41) is 33.4. The second-order valence-electron chi connectivity index (χ2n) is 4.22. The van der Waals surface area contributed by atoms with Crippen molar-refractivity contribution in [2.45, 2.75) is 32.3 Å². The predicted molar refractivity (Wildman–Crippen MR) is 78.7 cm³/mol. The minimum atomic E-state index is -1.26. The highest BCUT2D eigenvalue weighted by Crippen LogP contribution is 2.00. The molecule has 0 heterocycles. The van der Waals surface area contributed by atoms with E-state index < -0.39 is 11.9 Å². The molecule has 0 fully saturated rings. The van der Waals surface area contributed by atoms with Gasteiger partial charge in [0.1, 0.15) is 0 Å². The molecule has 1 unspecified atom stereocenters. The first-order chi connectivity index (χ1) is 10.4. The Labute approximate surface area is 130 Å². The summed E-state index contributed by atoms with van der Waals surface area (Å²) >= 11 is 0. The van der Waals surface area contributed by atoms with Gasteiger partial charge in [0.15, 0.2) is 0 Å². The fraction of sp³-hybridized carbons (Fsp3) is 0.714. The fourth-order valence-corrected chi connectivity index (χ4v) is 1.17. The molecule has 0 rings (SSSR count). The van der Waals surface area contributed by atoms with Gasteiger partial charge < -0.3 is 29.9 Å². The summed E-state index contributed by atoms with van der Waals surface area (Å²) in [6.45, 7) is 3.81. The van der Waals surface area contributed by atoms with Gasteiger partial charge >= 0.3 is 11.9 Å². The van der Waals surface area contributed by atoms with Crippen molar-refractivity contribution in [2.75, 3.05) is 33.0 Å². The number of hydrogen-bond donors (Lipinski definition) is 4. The molecule has 0 aromatic rings. The van der Waals surface area contributed by atoms with Crippen LogP contribution in [-0.2, 0) is 19.1 Å². The zero-order chi connectivity index (χ0) is 17.2. The molecule has 0 aromatic carbocycles. The van der Waals surface area contributed by atoms with E-state index >= 15 is 0 Å². The minimum absolute atomic E-state index is 0.0408. The molecule has 0 bridgehead atoms. The number of hydrogen-bond acceptors (Lipinski definition) is 6. The number of aliphatic hydroxyl groups is 2. The van der Waals surface area contributed by atoms with Crippen molar-refractivity contribution >= 4 is 11.9 Å². The molecule has 0 radical (unpaired) electrons. The van der Waals surface area contributed by atoms with E-state index in [0.29, 0.717) is 38.6 Å². The van der Waals surface area contributed by atoms with Gasteiger partial charge in [-0.05, 0) is 6.42 Å². The maximum absolute atomic E-state index is 9.55. The van der Waals surface area contributed by atoms with E-state index in [0.717, 1.165) is 19.3 Å². The Balaban J connectivity index is 0. The third-order valence-electron chi connectivity index (χ3n) is 2.18. The summed E-state index contributed by atoms with van der Waals surface area (Å²) in [5.74, 6) is -2.51. The van der Waals surface area contributed by atoms with E-state index in [9.17, 15) is 14.7 Å². The van der Waals surface area contributed by atoms with E-state index in [-0.39, 0.29) is 12.7 Å². The second-order valence-corrected chi connectivity index (χ2v) is 4.22. The van der Waals surface area contributed by atoms with Gasteiger partial charge in [0, 0.05) is 12.2 Å². The number of aliphatic hydroxyl groups excluding tert-OH is 2. The Morgan fingerprint density at radius 2 is 1.59 bits per heavy atom. The summed E-state index contributed by atoms with van der Waals surface area (Å²) in [4.78, 5) is 19.1. The number of ether oxygens (including phenoxy) is 2. The zero-order valence-electron chi connectivity index (χ0n) is 12.8. The average molecular weight is 322 g/mol. The van der Waals surface area contributed by atoms with Gasteiger partial charge in [0.25, 0.3) is 0 Å². The molecule has 22 heavy (non-hydrogen) atoms. The van der Waals surface area contributed by atoms with Gasteiger partial charge in [-0.15, -0.1) is 0 Å². The van der Waals surface area contributed by atoms with Crippen LogP contribution in [0.15, 0.2) is 12.2 Å². The number of carboxylic acids is 2. The van der Waals surface area contributed by atoms with Crippen LogP contribution in [0.3, 0.4) is 0 Å². The molecule has 1 atom stereocenters. The van der Waals surface area contributed by atoms with Crippen molar-refractivity contribution in [2.24, 2.45) is 0 Å². The van der Waals surface area contributed by atoms with Crippen LogP contribution in [0.25, 0.3) is 0 Å². The number of aliphatic carboxylic acids is 2. The van der Waals surface area contributed by atoms with Gasteiger partial charge in [0.05, 0.1) is 39.1 Å². The lowest BCUT2D eigenvalue weighted by molar-refractivity contribution is -0.134. The Bertz CT molecular complexity index is 287. The van der Waals surface area contributed by atoms with Crippen LogP contribution in [0.4, 0.5) is 0 Å². The Morgan fingerprint density at radius 1 is 1.05 bits per heavy atom. The van der Waals surface area contributed by atoms with Crippen molar-refractivity contribution < 1.29 is 39.5 Å². The quantitative estimate of drug-likeness (QED) is 0.297. The maximum Gasteiger partial charge on any atom is 0.328 e. The lowest BCUT2D eigenvalue weighted by Gasteiger charge is -2.10. The lowest BCUT2D eigenvalue weighted by atomic mass is 10.2. The smallest absolute Gasteiger partial charge is 0.328 e. The molecule has 0 aliphatic heterocycles. The first-order valence-corrected chi connectivity index (χ1v) is 7.02. The number of rotatable bonds is 12. The normalized spacial score (nSPS) is 11.8. The first kappa shape index (κ1) is 22.8. The van der Waals surface area contributed by atoms with Crippen LogP contribution in [0.5, 0.6) is 0 Å². The van der Waals surface area contributed by atoms with Crippen molar-refractivity contribution in [1.82, 2.24) is 0 Å². The summed E-state index contributed by atoms with van der Waals surface area (Å²) in [6, 6.07) is 0. The standard InChI is InChI=1S/C10H22O4.C4H4O4/c1-2-3-4-10(12)9-14-8-7-13-6-5-11;5-3(6)1-2-4(7)8/h10-12H,2-9H2,1H3;1-2H,(H,5,6)(H,7,8)/b;2-1-. The van der Waals surface area contributed by atoms with Crippen LogP contribution >= 0.6 is 0 Å². The monoisotopic (exact) mass is 322 g/mol. The van der Waals surface area contributed by atoms with Gasteiger partial charge in [-0.1, -0.05) is 19.8 Å². The molecule has 0 spiro atoms. The first-order valence-electron chi connectivity index (χ1n) is 7.02. The molecule has 0 saturated carbocycles. The fourth-order valence-electron chi connectivity index (χ4n) is 1.17. The average Bonchev–Trinajstić information content (AvgIpc) is 2.47. The highest BCUT2D eigenvalue weighted by molar-refractivity contribution is 5.89. The summed E-state index contributed by atoms with van der Waals surface area (Å²) < 4.78 is 10.2. The largest absolute Gasteiger partial charge is 0.478 e. The van der Waals surface area contributed by atoms with Crippen molar-refractivity contribution in [3.8, 4) is 0 Å². The molecule has 130 valence electrons. The SMILES string of the molecule is CCCCC(O)COCCOCCO.O=C(O)/C=C\C(=O)O. The minimum Gasteiger partial charge on any atom is -0.478 e. The van der Waals surface area contributed by atoms with Gasteiger partial charge in [-0.2, -0.15) is 0 Å². The molecular formula is C14H26O8. The summed E-state index contributed by atoms with van der Waals surface area (Å²) in [6.07, 6.45) is 3.69. The van der Waals surface area contributed by atoms with E-state index in [1.165, 1.54) is 0 Å². The maximum atomic E-state index is 9.55. The zero-order valence-corrected chi connectivity index (χ0v) is 12.8. The van der Waals surface area contributed by atoms with E-state index in [1.807, 2.05) is 0 Å². The van der Waals surface area contributed by atoms with Crippen LogP contribution < -0.4 is 0 Å². The van der Waals surface area contributed by atoms with E-state index in [4.69, 9.17) is 24.8 Å². The van der Waals surface area contributed by atoms with Gasteiger partial charge in [0.2, 0.25) is 0 Å². The van der Waals surface area contributed by atoms with E-state index in [2.05, 4.69) is 6.92 Å². The van der Waals surface area contributed by atoms with Crippen LogP contribution in [0, 0.1) is 0 Å².